The Balaban J connectivity index is 1.37. The second-order valence-electron chi connectivity index (χ2n) is 9.99. The SMILES string of the molecule is Cc1cc(C2C(c3ccccn3)NC(=S)N2c2ccc(Sc3ccc([N+](=O)[O-])cc3)cc2)c(C)n1-c1cccc(Br)c1. The van der Waals surface area contributed by atoms with Crippen LogP contribution in [-0.2, 0) is 0 Å². The van der Waals surface area contributed by atoms with Gasteiger partial charge in [0.25, 0.3) is 5.69 Å². The molecule has 2 unspecified atom stereocenters. The Morgan fingerprint density at radius 2 is 1.64 bits per heavy atom. The van der Waals surface area contributed by atoms with E-state index in [9.17, 15) is 10.1 Å². The van der Waals surface area contributed by atoms with Crippen LogP contribution in [0.5, 0.6) is 0 Å². The number of aryl methyl sites for hydroxylation is 1. The van der Waals surface area contributed by atoms with E-state index in [1.54, 1.807) is 23.9 Å². The summed E-state index contributed by atoms with van der Waals surface area (Å²) in [5.74, 6) is 0. The highest BCUT2D eigenvalue weighted by Crippen LogP contribution is 2.44. The van der Waals surface area contributed by atoms with E-state index in [1.165, 1.54) is 17.7 Å². The average molecular weight is 657 g/mol. The first-order chi connectivity index (χ1) is 20.3. The van der Waals surface area contributed by atoms with Crippen molar-refractivity contribution in [1.82, 2.24) is 14.9 Å². The van der Waals surface area contributed by atoms with Crippen LogP contribution in [-0.4, -0.2) is 19.6 Å². The lowest BCUT2D eigenvalue weighted by molar-refractivity contribution is -0.384. The van der Waals surface area contributed by atoms with Gasteiger partial charge in [-0.2, -0.15) is 0 Å². The van der Waals surface area contributed by atoms with Crippen molar-refractivity contribution in [2.24, 2.45) is 0 Å². The van der Waals surface area contributed by atoms with Crippen LogP contribution in [0.4, 0.5) is 11.4 Å². The molecule has 6 rings (SSSR count). The number of hydrogen-bond acceptors (Lipinski definition) is 5. The number of non-ortho nitro benzene ring substituents is 1. The molecule has 3 heterocycles. The molecule has 0 radical (unpaired) electrons. The molecule has 1 fully saturated rings. The maximum atomic E-state index is 11.0. The van der Waals surface area contributed by atoms with Gasteiger partial charge in [0.1, 0.15) is 0 Å². The van der Waals surface area contributed by atoms with Gasteiger partial charge in [-0.05, 0) is 104 Å². The van der Waals surface area contributed by atoms with Gasteiger partial charge < -0.3 is 14.8 Å². The van der Waals surface area contributed by atoms with Crippen LogP contribution in [0, 0.1) is 24.0 Å². The van der Waals surface area contributed by atoms with E-state index in [1.807, 2.05) is 36.5 Å². The van der Waals surface area contributed by atoms with Crippen molar-refractivity contribution >= 4 is 56.4 Å². The molecule has 210 valence electrons. The quantitative estimate of drug-likeness (QED) is 0.107. The number of nitro benzene ring substituents is 1. The Hall–Kier alpha value is -3.99. The van der Waals surface area contributed by atoms with Gasteiger partial charge >= 0.3 is 0 Å². The van der Waals surface area contributed by atoms with Gasteiger partial charge in [0.15, 0.2) is 5.11 Å². The van der Waals surface area contributed by atoms with Crippen molar-refractivity contribution in [2.75, 3.05) is 4.90 Å². The topological polar surface area (TPSA) is 76.2 Å². The zero-order chi connectivity index (χ0) is 29.4. The number of nitrogens with zero attached hydrogens (tertiary/aromatic N) is 4. The van der Waals surface area contributed by atoms with Crippen LogP contribution in [0.1, 0.15) is 34.7 Å². The van der Waals surface area contributed by atoms with E-state index in [0.717, 1.165) is 42.7 Å². The summed E-state index contributed by atoms with van der Waals surface area (Å²) in [6.07, 6.45) is 1.81. The third-order valence-corrected chi connectivity index (χ3v) is 9.18. The summed E-state index contributed by atoms with van der Waals surface area (Å²) in [6.45, 7) is 4.28. The zero-order valence-electron chi connectivity index (χ0n) is 22.8. The first-order valence-corrected chi connectivity index (χ1v) is 15.3. The first-order valence-electron chi connectivity index (χ1n) is 13.3. The lowest BCUT2D eigenvalue weighted by Gasteiger charge is -2.28. The highest BCUT2D eigenvalue weighted by Gasteiger charge is 2.42. The predicted octanol–water partition coefficient (Wildman–Crippen LogP) is 8.49. The Kier molecular flexibility index (Phi) is 7.85. The van der Waals surface area contributed by atoms with Crippen LogP contribution in [0.2, 0.25) is 0 Å². The minimum absolute atomic E-state index is 0.0810. The number of benzene rings is 3. The van der Waals surface area contributed by atoms with Crippen molar-refractivity contribution in [1.29, 1.82) is 0 Å². The third kappa shape index (κ3) is 5.45. The Morgan fingerprint density at radius 1 is 0.929 bits per heavy atom. The number of thiocarbonyl (C=S) groups is 1. The molecule has 42 heavy (non-hydrogen) atoms. The highest BCUT2D eigenvalue weighted by atomic mass is 79.9. The number of aromatic nitrogens is 2. The highest BCUT2D eigenvalue weighted by molar-refractivity contribution is 9.10. The summed E-state index contributed by atoms with van der Waals surface area (Å²) in [6, 6.07) is 31.1. The molecule has 5 aromatic rings. The first kappa shape index (κ1) is 28.1. The van der Waals surface area contributed by atoms with Gasteiger partial charge in [-0.15, -0.1) is 0 Å². The van der Waals surface area contributed by atoms with Crippen LogP contribution in [0.15, 0.2) is 118 Å². The summed E-state index contributed by atoms with van der Waals surface area (Å²) in [7, 11) is 0. The van der Waals surface area contributed by atoms with Gasteiger partial charge in [0, 0.05) is 55.4 Å². The van der Waals surface area contributed by atoms with Crippen LogP contribution in [0.25, 0.3) is 5.69 Å². The standard InChI is InChI=1S/C32H26BrN5O2S2/c1-20-18-28(21(2)36(20)25-7-5-6-22(33)19-25)31-30(29-8-3-4-17-34-29)35-32(41)37(31)23-9-13-26(14-10-23)42-27-15-11-24(12-16-27)38(39)40/h3-19,30-31H,1-2H3,(H,35,41). The molecule has 7 nitrogen and oxygen atoms in total. The summed E-state index contributed by atoms with van der Waals surface area (Å²) >= 11 is 11.1. The largest absolute Gasteiger partial charge is 0.351 e. The summed E-state index contributed by atoms with van der Waals surface area (Å²) in [5, 5.41) is 15.2. The van der Waals surface area contributed by atoms with Gasteiger partial charge in [-0.1, -0.05) is 39.8 Å². The average Bonchev–Trinajstić information content (AvgIpc) is 3.48. The molecule has 10 heteroatoms. The maximum absolute atomic E-state index is 11.0. The fourth-order valence-corrected chi connectivity index (χ4v) is 7.04. The minimum atomic E-state index is -0.388. The molecular formula is C32H26BrN5O2S2. The molecule has 0 aliphatic carbocycles. The van der Waals surface area contributed by atoms with Crippen molar-refractivity contribution in [2.45, 2.75) is 35.7 Å². The lowest BCUT2D eigenvalue weighted by Crippen LogP contribution is -2.29. The molecule has 3 aromatic carbocycles. The zero-order valence-corrected chi connectivity index (χ0v) is 26.0. The van der Waals surface area contributed by atoms with Crippen molar-refractivity contribution < 1.29 is 4.92 Å². The second kappa shape index (κ2) is 11.7. The molecule has 0 bridgehead atoms. The number of anilines is 1. The van der Waals surface area contributed by atoms with E-state index < -0.39 is 0 Å². The second-order valence-corrected chi connectivity index (χ2v) is 12.4. The number of hydrogen-bond donors (Lipinski definition) is 1. The fourth-order valence-electron chi connectivity index (χ4n) is 5.50. The number of pyridine rings is 1. The minimum Gasteiger partial charge on any atom is -0.351 e. The number of rotatable bonds is 7. The molecule has 2 aromatic heterocycles. The van der Waals surface area contributed by atoms with E-state index >= 15 is 0 Å². The normalized spacial score (nSPS) is 16.5. The Morgan fingerprint density at radius 3 is 2.29 bits per heavy atom. The number of nitrogens with one attached hydrogen (secondary N) is 1. The predicted molar refractivity (Wildman–Crippen MR) is 175 cm³/mol. The van der Waals surface area contributed by atoms with E-state index in [0.29, 0.717) is 5.11 Å². The summed E-state index contributed by atoms with van der Waals surface area (Å²) in [4.78, 5) is 19.4. The Bertz CT molecular complexity index is 1780. The third-order valence-electron chi connectivity index (χ3n) is 7.35. The number of nitro groups is 1. The van der Waals surface area contributed by atoms with Gasteiger partial charge in [0.05, 0.1) is 22.7 Å². The molecule has 0 spiro atoms. The molecule has 0 amide bonds. The van der Waals surface area contributed by atoms with Crippen LogP contribution >= 0.6 is 39.9 Å². The van der Waals surface area contributed by atoms with Gasteiger partial charge in [0.2, 0.25) is 0 Å². The summed E-state index contributed by atoms with van der Waals surface area (Å²) < 4.78 is 3.30. The van der Waals surface area contributed by atoms with E-state index in [2.05, 4.69) is 87.0 Å². The van der Waals surface area contributed by atoms with Gasteiger partial charge in [-0.25, -0.2) is 0 Å². The van der Waals surface area contributed by atoms with Gasteiger partial charge in [-0.3, -0.25) is 15.1 Å². The summed E-state index contributed by atoms with van der Waals surface area (Å²) in [5.41, 5.74) is 6.50. The van der Waals surface area contributed by atoms with E-state index in [-0.39, 0.29) is 22.7 Å². The molecule has 2 atom stereocenters. The molecule has 0 saturated carbocycles. The smallest absolute Gasteiger partial charge is 0.269 e. The van der Waals surface area contributed by atoms with Crippen LogP contribution in [0.3, 0.4) is 0 Å². The van der Waals surface area contributed by atoms with Crippen molar-refractivity contribution in [3.63, 3.8) is 0 Å². The number of halogens is 1. The molecule has 1 saturated heterocycles. The molecule has 1 aliphatic rings. The van der Waals surface area contributed by atoms with E-state index in [4.69, 9.17) is 17.2 Å². The molecule has 1 N–H and O–H groups in total. The van der Waals surface area contributed by atoms with Crippen molar-refractivity contribution in [3.8, 4) is 5.69 Å². The lowest BCUT2D eigenvalue weighted by atomic mass is 9.96. The maximum Gasteiger partial charge on any atom is 0.269 e. The molecule has 1 aliphatic heterocycles. The Labute approximate surface area is 261 Å². The molecular weight excluding hydrogens is 630 g/mol. The monoisotopic (exact) mass is 655 g/mol. The fraction of sp³-hybridized carbons (Fsp3) is 0.125. The van der Waals surface area contributed by atoms with Crippen LogP contribution < -0.4 is 10.2 Å². The van der Waals surface area contributed by atoms with Crippen molar-refractivity contribution in [3.05, 3.63) is 140 Å².